The molecule has 0 bridgehead atoms. The molecule has 0 aliphatic carbocycles. The third-order valence-electron chi connectivity index (χ3n) is 2.53. The van der Waals surface area contributed by atoms with Gasteiger partial charge in [0.15, 0.2) is 0 Å². The van der Waals surface area contributed by atoms with Crippen molar-refractivity contribution in [2.24, 2.45) is 0 Å². The van der Waals surface area contributed by atoms with Crippen molar-refractivity contribution in [3.8, 4) is 0 Å². The summed E-state index contributed by atoms with van der Waals surface area (Å²) < 4.78 is 5.07. The highest BCUT2D eigenvalue weighted by molar-refractivity contribution is 5.85. The van der Waals surface area contributed by atoms with E-state index in [1.165, 1.54) is 12.0 Å². The summed E-state index contributed by atoms with van der Waals surface area (Å²) in [5, 5.41) is 11.7. The number of carbonyl (C=O) groups is 2. The van der Waals surface area contributed by atoms with Gasteiger partial charge in [-0.15, -0.1) is 0 Å². The molecule has 1 aliphatic rings. The van der Waals surface area contributed by atoms with Crippen LogP contribution in [-0.4, -0.2) is 61.3 Å². The number of likely N-dealkylation sites (tertiary alicyclic amines) is 1. The minimum Gasteiger partial charge on any atom is -0.480 e. The number of likely N-dealkylation sites (N-methyl/N-ethyl adjacent to an activating group) is 1. The largest absolute Gasteiger partial charge is 0.480 e. The lowest BCUT2D eigenvalue weighted by Gasteiger charge is -2.20. The number of carbonyl (C=O) groups excluding carboxylic acids is 1. The van der Waals surface area contributed by atoms with Gasteiger partial charge in [-0.3, -0.25) is 4.79 Å². The van der Waals surface area contributed by atoms with Gasteiger partial charge >= 0.3 is 5.97 Å². The number of ether oxygens (including phenoxy) is 1. The average molecular weight is 216 g/mol. The molecule has 15 heavy (non-hydrogen) atoms. The van der Waals surface area contributed by atoms with Gasteiger partial charge in [-0.1, -0.05) is 0 Å². The van der Waals surface area contributed by atoms with Crippen molar-refractivity contribution < 1.29 is 19.4 Å². The number of hydrogen-bond donors (Lipinski definition) is 2. The number of hydrogen-bond acceptors (Lipinski definition) is 4. The Balaban J connectivity index is 2.68. The number of nitrogens with one attached hydrogen (secondary N) is 1. The summed E-state index contributed by atoms with van der Waals surface area (Å²) in [6, 6.07) is -0.754. The fourth-order valence-electron chi connectivity index (χ4n) is 1.73. The topological polar surface area (TPSA) is 78.9 Å². The number of amides is 1. The van der Waals surface area contributed by atoms with Crippen molar-refractivity contribution in [2.45, 2.75) is 18.6 Å². The molecule has 1 fully saturated rings. The van der Waals surface area contributed by atoms with Gasteiger partial charge < -0.3 is 20.1 Å². The van der Waals surface area contributed by atoms with Crippen LogP contribution in [0.15, 0.2) is 0 Å². The van der Waals surface area contributed by atoms with Gasteiger partial charge in [-0.2, -0.15) is 0 Å². The van der Waals surface area contributed by atoms with Crippen molar-refractivity contribution in [3.05, 3.63) is 0 Å². The van der Waals surface area contributed by atoms with Crippen LogP contribution in [0, 0.1) is 0 Å². The van der Waals surface area contributed by atoms with E-state index in [-0.39, 0.29) is 18.6 Å². The lowest BCUT2D eigenvalue weighted by Crippen LogP contribution is -2.44. The van der Waals surface area contributed by atoms with E-state index < -0.39 is 12.0 Å². The molecule has 0 aromatic carbocycles. The molecule has 1 rings (SSSR count). The maximum Gasteiger partial charge on any atom is 0.326 e. The van der Waals surface area contributed by atoms with Crippen LogP contribution in [0.4, 0.5) is 0 Å². The molecule has 0 spiro atoms. The van der Waals surface area contributed by atoms with Gasteiger partial charge in [0.05, 0.1) is 12.6 Å². The zero-order valence-electron chi connectivity index (χ0n) is 8.90. The number of rotatable bonds is 4. The Bertz CT molecular complexity index is 256. The maximum absolute atomic E-state index is 11.6. The molecule has 2 N–H and O–H groups in total. The van der Waals surface area contributed by atoms with Gasteiger partial charge in [0.2, 0.25) is 5.91 Å². The van der Waals surface area contributed by atoms with Gasteiger partial charge in [-0.05, 0) is 7.05 Å². The van der Waals surface area contributed by atoms with Crippen molar-refractivity contribution in [2.75, 3.05) is 27.2 Å². The molecule has 0 radical (unpaired) electrons. The molecule has 6 heteroatoms. The summed E-state index contributed by atoms with van der Waals surface area (Å²) >= 11 is 0. The number of carboxylic acids is 1. The predicted octanol–water partition coefficient (Wildman–Crippen LogP) is -1.09. The van der Waals surface area contributed by atoms with Gasteiger partial charge in [0.25, 0.3) is 0 Å². The Morgan fingerprint density at radius 2 is 2.27 bits per heavy atom. The van der Waals surface area contributed by atoms with Gasteiger partial charge in [0.1, 0.15) is 6.04 Å². The summed E-state index contributed by atoms with van der Waals surface area (Å²) in [5.41, 5.74) is 0. The van der Waals surface area contributed by atoms with Crippen molar-refractivity contribution in [3.63, 3.8) is 0 Å². The highest BCUT2D eigenvalue weighted by atomic mass is 16.5. The highest BCUT2D eigenvalue weighted by Gasteiger charge is 2.39. The molecule has 6 nitrogen and oxygen atoms in total. The van der Waals surface area contributed by atoms with Crippen LogP contribution in [0.1, 0.15) is 6.42 Å². The van der Waals surface area contributed by atoms with E-state index >= 15 is 0 Å². The Labute approximate surface area is 88.2 Å². The Kier molecular flexibility index (Phi) is 4.05. The van der Waals surface area contributed by atoms with E-state index in [9.17, 15) is 9.59 Å². The SMILES string of the molecule is CNCC(=O)N1CC(OC)CC1C(=O)O. The number of aliphatic carboxylic acids is 1. The minimum atomic E-state index is -0.973. The van der Waals surface area contributed by atoms with E-state index in [0.29, 0.717) is 13.0 Å². The third kappa shape index (κ3) is 2.66. The van der Waals surface area contributed by atoms with Crippen molar-refractivity contribution in [1.29, 1.82) is 0 Å². The molecule has 2 atom stereocenters. The van der Waals surface area contributed by atoms with Crippen LogP contribution in [0.3, 0.4) is 0 Å². The fraction of sp³-hybridized carbons (Fsp3) is 0.778. The van der Waals surface area contributed by atoms with E-state index in [0.717, 1.165) is 0 Å². The number of nitrogens with zero attached hydrogens (tertiary/aromatic N) is 1. The predicted molar refractivity (Wildman–Crippen MR) is 52.5 cm³/mol. The molecular weight excluding hydrogens is 200 g/mol. The molecule has 0 aromatic rings. The van der Waals surface area contributed by atoms with Crippen LogP contribution in [0.5, 0.6) is 0 Å². The first-order chi connectivity index (χ1) is 7.10. The number of methoxy groups -OCH3 is 1. The fourth-order valence-corrected chi connectivity index (χ4v) is 1.73. The van der Waals surface area contributed by atoms with Crippen molar-refractivity contribution in [1.82, 2.24) is 10.2 Å². The van der Waals surface area contributed by atoms with E-state index in [4.69, 9.17) is 9.84 Å². The molecule has 2 unspecified atom stereocenters. The monoisotopic (exact) mass is 216 g/mol. The third-order valence-corrected chi connectivity index (χ3v) is 2.53. The summed E-state index contributed by atoms with van der Waals surface area (Å²) in [5.74, 6) is -1.18. The Hall–Kier alpha value is -1.14. The van der Waals surface area contributed by atoms with Crippen LogP contribution < -0.4 is 5.32 Å². The smallest absolute Gasteiger partial charge is 0.326 e. The second kappa shape index (κ2) is 5.09. The molecule has 1 heterocycles. The first kappa shape index (κ1) is 11.9. The summed E-state index contributed by atoms with van der Waals surface area (Å²) in [4.78, 5) is 23.8. The average Bonchev–Trinajstić information content (AvgIpc) is 2.61. The quantitative estimate of drug-likeness (QED) is 0.624. The zero-order chi connectivity index (χ0) is 11.4. The lowest BCUT2D eigenvalue weighted by atomic mass is 10.2. The second-order valence-electron chi connectivity index (χ2n) is 3.52. The van der Waals surface area contributed by atoms with Crippen LogP contribution in [-0.2, 0) is 14.3 Å². The van der Waals surface area contributed by atoms with E-state index in [1.54, 1.807) is 7.05 Å². The molecule has 0 saturated carbocycles. The minimum absolute atomic E-state index is 0.153. The summed E-state index contributed by atoms with van der Waals surface area (Å²) in [6.07, 6.45) is 0.188. The molecule has 1 saturated heterocycles. The second-order valence-corrected chi connectivity index (χ2v) is 3.52. The molecule has 0 aromatic heterocycles. The number of carboxylic acid groups (broad SMARTS) is 1. The zero-order valence-corrected chi connectivity index (χ0v) is 8.90. The van der Waals surface area contributed by atoms with Gasteiger partial charge in [-0.25, -0.2) is 4.79 Å². The van der Waals surface area contributed by atoms with Crippen LogP contribution in [0.2, 0.25) is 0 Å². The molecular formula is C9H16N2O4. The van der Waals surface area contributed by atoms with E-state index in [1.807, 2.05) is 0 Å². The molecule has 1 amide bonds. The Morgan fingerprint density at radius 3 is 2.73 bits per heavy atom. The Morgan fingerprint density at radius 1 is 1.60 bits per heavy atom. The summed E-state index contributed by atoms with van der Waals surface area (Å²) in [7, 11) is 3.17. The van der Waals surface area contributed by atoms with Crippen molar-refractivity contribution >= 4 is 11.9 Å². The van der Waals surface area contributed by atoms with Gasteiger partial charge in [0, 0.05) is 20.1 Å². The first-order valence-corrected chi connectivity index (χ1v) is 4.79. The first-order valence-electron chi connectivity index (χ1n) is 4.79. The van der Waals surface area contributed by atoms with Crippen LogP contribution >= 0.6 is 0 Å². The maximum atomic E-state index is 11.6. The van der Waals surface area contributed by atoms with E-state index in [2.05, 4.69) is 5.32 Å². The van der Waals surface area contributed by atoms with Crippen LogP contribution in [0.25, 0.3) is 0 Å². The normalized spacial score (nSPS) is 25.6. The summed E-state index contributed by atoms with van der Waals surface area (Å²) in [6.45, 7) is 0.508. The molecule has 86 valence electrons. The molecule has 1 aliphatic heterocycles. The highest BCUT2D eigenvalue weighted by Crippen LogP contribution is 2.20. The lowest BCUT2D eigenvalue weighted by molar-refractivity contribution is -0.147. The standard InChI is InChI=1S/C9H16N2O4/c1-10-4-8(12)11-5-6(15-2)3-7(11)9(13)14/h6-7,10H,3-5H2,1-2H3,(H,13,14).